The number of nitrogens with two attached hydrogens (primary N) is 1. The summed E-state index contributed by atoms with van der Waals surface area (Å²) in [4.78, 5) is 32.7. The Morgan fingerprint density at radius 3 is 2.37 bits per heavy atom. The van der Waals surface area contributed by atoms with Crippen LogP contribution in [0.25, 0.3) is 0 Å². The number of carbonyl (C=O) groups excluding carboxylic acids is 2. The maximum absolute atomic E-state index is 13.0. The molecular formula is C46H76N6O5. The molecule has 320 valence electrons. The number of rotatable bonds is 22. The van der Waals surface area contributed by atoms with Gasteiger partial charge in [0.25, 0.3) is 0 Å². The number of amides is 1. The van der Waals surface area contributed by atoms with Gasteiger partial charge in [-0.2, -0.15) is 0 Å². The number of carbonyl (C=O) groups is 2. The Morgan fingerprint density at radius 2 is 1.72 bits per heavy atom. The van der Waals surface area contributed by atoms with E-state index in [1.54, 1.807) is 0 Å². The van der Waals surface area contributed by atoms with Gasteiger partial charge in [-0.25, -0.2) is 4.98 Å². The van der Waals surface area contributed by atoms with Gasteiger partial charge >= 0.3 is 0 Å². The Kier molecular flexibility index (Phi) is 24.0. The number of nitrogens with zero attached hydrogens (tertiary/aromatic N) is 4. The van der Waals surface area contributed by atoms with Crippen LogP contribution in [0, 0.1) is 25.2 Å². The van der Waals surface area contributed by atoms with E-state index in [1.807, 2.05) is 11.8 Å². The van der Waals surface area contributed by atoms with Gasteiger partial charge < -0.3 is 39.5 Å². The van der Waals surface area contributed by atoms with Gasteiger partial charge in [-0.15, -0.1) is 6.42 Å². The minimum Gasteiger partial charge on any atom is -0.381 e. The van der Waals surface area contributed by atoms with Gasteiger partial charge in [0.05, 0.1) is 38.5 Å². The van der Waals surface area contributed by atoms with Gasteiger partial charge in [0.2, 0.25) is 5.91 Å². The van der Waals surface area contributed by atoms with E-state index >= 15 is 0 Å². The zero-order valence-corrected chi connectivity index (χ0v) is 36.1. The van der Waals surface area contributed by atoms with E-state index < -0.39 is 0 Å². The molecule has 1 amide bonds. The molecule has 0 bridgehead atoms. The van der Waals surface area contributed by atoms with E-state index in [9.17, 15) is 9.59 Å². The number of imidazole rings is 1. The van der Waals surface area contributed by atoms with E-state index in [-0.39, 0.29) is 5.91 Å². The van der Waals surface area contributed by atoms with E-state index in [4.69, 9.17) is 31.4 Å². The first-order valence-corrected chi connectivity index (χ1v) is 21.9. The summed E-state index contributed by atoms with van der Waals surface area (Å²) in [5, 5.41) is 3.54. The Labute approximate surface area is 345 Å². The molecule has 57 heavy (non-hydrogen) atoms. The number of unbranched alkanes of at least 4 members (excludes halogenated alkanes) is 2. The minimum atomic E-state index is 0.155. The number of ether oxygens (including phenoxy) is 3. The van der Waals surface area contributed by atoms with Crippen LogP contribution in [0.15, 0.2) is 30.3 Å². The number of benzene rings is 1. The van der Waals surface area contributed by atoms with Crippen molar-refractivity contribution in [2.75, 3.05) is 66.3 Å². The minimum absolute atomic E-state index is 0.155. The molecule has 1 saturated carbocycles. The fourth-order valence-electron chi connectivity index (χ4n) is 8.51. The molecule has 4 unspecified atom stereocenters. The summed E-state index contributed by atoms with van der Waals surface area (Å²) in [6.45, 7) is 15.3. The highest BCUT2D eigenvalue weighted by atomic mass is 16.5. The van der Waals surface area contributed by atoms with Crippen molar-refractivity contribution in [1.29, 1.82) is 0 Å². The molecule has 2 fully saturated rings. The number of hydrogen-bond acceptors (Lipinski definition) is 9. The highest BCUT2D eigenvalue weighted by molar-refractivity contribution is 5.76. The van der Waals surface area contributed by atoms with Gasteiger partial charge in [0.1, 0.15) is 18.7 Å². The van der Waals surface area contributed by atoms with Crippen LogP contribution in [0.4, 0.5) is 0 Å². The van der Waals surface area contributed by atoms with Crippen LogP contribution in [-0.2, 0) is 36.8 Å². The standard InChI is InChI=1S/C38H59N5O4.C6H10O.C2H7N/c1-6-22-45-26-27-47-24-12-8-11-23-46-25-19-38(44)41-20-18-37-36(29-41)40-32(4)43(37)31(3)28-34-16-15-30(2)42(34)21-17-35(39-5)33-13-9-7-10-14-33;7-5-6-3-1-2-4-6;1-2-3/h1,7,9-10,13-14,30-31,34-35,39H,8,11-12,15-29H2,2-5H3;5-6H,1-4H2;2-3H2,1H3. The Balaban J connectivity index is 0.000000764. The lowest BCUT2D eigenvalue weighted by Crippen LogP contribution is -2.39. The molecule has 3 heterocycles. The van der Waals surface area contributed by atoms with Crippen molar-refractivity contribution in [2.45, 2.75) is 142 Å². The van der Waals surface area contributed by atoms with E-state index in [2.05, 4.69) is 78.9 Å². The second-order valence-corrected chi connectivity index (χ2v) is 15.8. The van der Waals surface area contributed by atoms with Crippen LogP contribution in [-0.4, -0.2) is 110 Å². The second kappa shape index (κ2) is 28.3. The number of aryl methyl sites for hydroxylation is 1. The van der Waals surface area contributed by atoms with Crippen LogP contribution in [0.2, 0.25) is 0 Å². The predicted octanol–water partition coefficient (Wildman–Crippen LogP) is 6.81. The lowest BCUT2D eigenvalue weighted by atomic mass is 10.0. The molecule has 2 aliphatic heterocycles. The molecule has 3 aliphatic rings. The zero-order chi connectivity index (χ0) is 41.3. The summed E-state index contributed by atoms with van der Waals surface area (Å²) in [6.07, 6.45) is 20.1. The highest BCUT2D eigenvalue weighted by Crippen LogP contribution is 2.33. The lowest BCUT2D eigenvalue weighted by molar-refractivity contribution is -0.133. The number of nitrogens with one attached hydrogen (secondary N) is 1. The third kappa shape index (κ3) is 17.0. The number of aromatic nitrogens is 2. The highest BCUT2D eigenvalue weighted by Gasteiger charge is 2.34. The topological polar surface area (TPSA) is 124 Å². The average molecular weight is 793 g/mol. The van der Waals surface area contributed by atoms with Gasteiger partial charge in [-0.3, -0.25) is 9.69 Å². The largest absolute Gasteiger partial charge is 0.381 e. The predicted molar refractivity (Wildman–Crippen MR) is 230 cm³/mol. The number of likely N-dealkylation sites (tertiary alicyclic amines) is 1. The first-order valence-electron chi connectivity index (χ1n) is 21.9. The monoisotopic (exact) mass is 793 g/mol. The molecule has 1 aromatic heterocycles. The average Bonchev–Trinajstić information content (AvgIpc) is 3.96. The van der Waals surface area contributed by atoms with E-state index in [0.717, 1.165) is 88.8 Å². The van der Waals surface area contributed by atoms with Crippen LogP contribution < -0.4 is 11.1 Å². The fourth-order valence-corrected chi connectivity index (χ4v) is 8.51. The normalized spacial score (nSPS) is 19.1. The molecule has 3 N–H and O–H groups in total. The Morgan fingerprint density at radius 1 is 1.04 bits per heavy atom. The van der Waals surface area contributed by atoms with Crippen molar-refractivity contribution in [1.82, 2.24) is 24.7 Å². The fraction of sp³-hybridized carbons (Fsp3) is 0.717. The van der Waals surface area contributed by atoms with Crippen LogP contribution >= 0.6 is 0 Å². The maximum atomic E-state index is 13.0. The summed E-state index contributed by atoms with van der Waals surface area (Å²) < 4.78 is 19.0. The maximum Gasteiger partial charge on any atom is 0.225 e. The van der Waals surface area contributed by atoms with Crippen molar-refractivity contribution in [3.05, 3.63) is 53.1 Å². The van der Waals surface area contributed by atoms with Gasteiger partial charge in [0, 0.05) is 68.5 Å². The first kappa shape index (κ1) is 48.3. The molecule has 2 aromatic rings. The molecule has 11 heteroatoms. The van der Waals surface area contributed by atoms with E-state index in [0.29, 0.717) is 82.7 Å². The Hall–Kier alpha value is -3.11. The molecule has 0 radical (unpaired) electrons. The van der Waals surface area contributed by atoms with Crippen molar-refractivity contribution >= 4 is 12.2 Å². The summed E-state index contributed by atoms with van der Waals surface area (Å²) in [5.41, 5.74) is 8.59. The molecule has 1 aliphatic carbocycles. The summed E-state index contributed by atoms with van der Waals surface area (Å²) in [5.74, 6) is 4.08. The van der Waals surface area contributed by atoms with Crippen molar-refractivity contribution in [2.24, 2.45) is 11.7 Å². The summed E-state index contributed by atoms with van der Waals surface area (Å²) in [7, 11) is 2.07. The van der Waals surface area contributed by atoms with Crippen LogP contribution in [0.3, 0.4) is 0 Å². The Bertz CT molecular complexity index is 1420. The molecule has 11 nitrogen and oxygen atoms in total. The molecule has 1 aromatic carbocycles. The first-order chi connectivity index (χ1) is 27.8. The van der Waals surface area contributed by atoms with Gasteiger partial charge in [0.15, 0.2) is 0 Å². The zero-order valence-electron chi connectivity index (χ0n) is 36.1. The van der Waals surface area contributed by atoms with Gasteiger partial charge in [-0.1, -0.05) is 56.0 Å². The third-order valence-corrected chi connectivity index (χ3v) is 11.5. The molecule has 0 spiro atoms. The molecule has 1 saturated heterocycles. The second-order valence-electron chi connectivity index (χ2n) is 15.8. The number of hydrogen-bond donors (Lipinski definition) is 2. The van der Waals surface area contributed by atoms with Crippen LogP contribution in [0.1, 0.15) is 133 Å². The SMILES string of the molecule is C#CCOCCOCCCCCOCCC(=O)N1CCc2c(nc(C)n2C(C)CC2CCC(C)N2CCC(NC)c2ccccc2)C1.CCN.O=CC1CCCC1. The van der Waals surface area contributed by atoms with Gasteiger partial charge in [-0.05, 0) is 97.7 Å². The number of terminal acetylenes is 1. The third-order valence-electron chi connectivity index (χ3n) is 11.5. The van der Waals surface area contributed by atoms with E-state index in [1.165, 1.54) is 36.9 Å². The molecule has 5 rings (SSSR count). The lowest BCUT2D eigenvalue weighted by Gasteiger charge is -2.33. The molecule has 4 atom stereocenters. The van der Waals surface area contributed by atoms with Crippen molar-refractivity contribution in [3.8, 4) is 12.3 Å². The quantitative estimate of drug-likeness (QED) is 0.0752. The number of fused-ring (bicyclic) bond motifs is 1. The molecular weight excluding hydrogens is 717 g/mol. The summed E-state index contributed by atoms with van der Waals surface area (Å²) >= 11 is 0. The van der Waals surface area contributed by atoms with Crippen molar-refractivity contribution < 1.29 is 23.8 Å². The number of aldehydes is 1. The van der Waals surface area contributed by atoms with Crippen LogP contribution in [0.5, 0.6) is 0 Å². The summed E-state index contributed by atoms with van der Waals surface area (Å²) in [6, 6.07) is 12.7. The smallest absolute Gasteiger partial charge is 0.225 e. The van der Waals surface area contributed by atoms with Crippen molar-refractivity contribution in [3.63, 3.8) is 0 Å².